The smallest absolute Gasteiger partial charge is 0.416 e. The van der Waals surface area contributed by atoms with E-state index in [1.807, 2.05) is 30.3 Å². The summed E-state index contributed by atoms with van der Waals surface area (Å²) in [6.07, 6.45) is -3.39. The van der Waals surface area contributed by atoms with Crippen LogP contribution in [0.25, 0.3) is 0 Å². The fourth-order valence-corrected chi connectivity index (χ4v) is 5.17. The number of ether oxygens (including phenoxy) is 1. The van der Waals surface area contributed by atoms with Crippen LogP contribution >= 0.6 is 0 Å². The summed E-state index contributed by atoms with van der Waals surface area (Å²) in [5, 5.41) is 0. The van der Waals surface area contributed by atoms with Crippen molar-refractivity contribution in [1.82, 2.24) is 0 Å². The molecule has 0 aliphatic carbocycles. The Bertz CT molecular complexity index is 1180. The summed E-state index contributed by atoms with van der Waals surface area (Å²) in [4.78, 5) is -0.375. The summed E-state index contributed by atoms with van der Waals surface area (Å²) < 4.78 is 72.5. The van der Waals surface area contributed by atoms with Crippen LogP contribution in [-0.2, 0) is 29.2 Å². The highest BCUT2D eigenvalue weighted by Gasteiger charge is 2.34. The van der Waals surface area contributed by atoms with E-state index in [9.17, 15) is 21.6 Å². The van der Waals surface area contributed by atoms with Crippen molar-refractivity contribution in [2.75, 3.05) is 10.8 Å². The second-order valence-corrected chi connectivity index (χ2v) is 9.13. The topological polar surface area (TPSA) is 46.6 Å². The Hall–Kier alpha value is -3.00. The molecule has 0 radical (unpaired) electrons. The molecular formula is C23H20F3NO3S. The van der Waals surface area contributed by atoms with Crippen LogP contribution in [0.4, 0.5) is 18.9 Å². The Morgan fingerprint density at radius 3 is 2.45 bits per heavy atom. The van der Waals surface area contributed by atoms with Crippen LogP contribution in [-0.4, -0.2) is 15.0 Å². The van der Waals surface area contributed by atoms with Gasteiger partial charge < -0.3 is 4.74 Å². The first-order valence-electron chi connectivity index (χ1n) is 9.75. The Labute approximate surface area is 178 Å². The molecule has 4 nitrogen and oxygen atoms in total. The number of anilines is 1. The van der Waals surface area contributed by atoms with E-state index in [1.165, 1.54) is 10.4 Å². The van der Waals surface area contributed by atoms with Crippen LogP contribution in [0.1, 0.15) is 23.1 Å². The highest BCUT2D eigenvalue weighted by molar-refractivity contribution is 7.92. The predicted molar refractivity (Wildman–Crippen MR) is 112 cm³/mol. The minimum Gasteiger partial charge on any atom is -0.489 e. The van der Waals surface area contributed by atoms with Gasteiger partial charge in [-0.1, -0.05) is 36.4 Å². The van der Waals surface area contributed by atoms with Gasteiger partial charge in [0, 0.05) is 6.54 Å². The van der Waals surface area contributed by atoms with Gasteiger partial charge in [-0.05, 0) is 60.4 Å². The molecule has 0 N–H and O–H groups in total. The van der Waals surface area contributed by atoms with Crippen molar-refractivity contribution in [3.8, 4) is 5.75 Å². The normalized spacial score (nSPS) is 14.2. The summed E-state index contributed by atoms with van der Waals surface area (Å²) in [5.41, 5.74) is 1.27. The lowest BCUT2D eigenvalue weighted by molar-refractivity contribution is -0.137. The van der Waals surface area contributed by atoms with E-state index in [4.69, 9.17) is 4.74 Å². The van der Waals surface area contributed by atoms with Crippen LogP contribution in [0.2, 0.25) is 0 Å². The minimum absolute atomic E-state index is 0.204. The minimum atomic E-state index is -4.61. The van der Waals surface area contributed by atoms with E-state index in [1.54, 1.807) is 18.2 Å². The number of fused-ring (bicyclic) bond motifs is 1. The molecule has 0 bridgehead atoms. The van der Waals surface area contributed by atoms with Crippen molar-refractivity contribution >= 4 is 15.7 Å². The van der Waals surface area contributed by atoms with Crippen LogP contribution in [0.3, 0.4) is 0 Å². The number of benzene rings is 3. The molecule has 1 aliphatic rings. The highest BCUT2D eigenvalue weighted by atomic mass is 32.2. The number of alkyl halides is 3. The molecule has 162 valence electrons. The number of sulfonamides is 1. The first-order chi connectivity index (χ1) is 14.7. The van der Waals surface area contributed by atoms with Crippen LogP contribution in [0, 0.1) is 0 Å². The number of aryl methyl sites for hydroxylation is 1. The molecule has 0 amide bonds. The lowest BCUT2D eigenvalue weighted by Crippen LogP contribution is -2.35. The van der Waals surface area contributed by atoms with Gasteiger partial charge in [-0.15, -0.1) is 0 Å². The first kappa shape index (κ1) is 21.2. The van der Waals surface area contributed by atoms with E-state index >= 15 is 0 Å². The highest BCUT2D eigenvalue weighted by Crippen LogP contribution is 2.36. The van der Waals surface area contributed by atoms with Crippen molar-refractivity contribution in [1.29, 1.82) is 0 Å². The maximum atomic E-state index is 13.2. The van der Waals surface area contributed by atoms with Crippen molar-refractivity contribution in [3.63, 3.8) is 0 Å². The maximum Gasteiger partial charge on any atom is 0.416 e. The van der Waals surface area contributed by atoms with E-state index < -0.39 is 21.8 Å². The van der Waals surface area contributed by atoms with Gasteiger partial charge in [0.25, 0.3) is 10.0 Å². The zero-order valence-corrected chi connectivity index (χ0v) is 17.3. The standard InChI is InChI=1S/C23H20F3NO3S/c24-23(25,26)19-9-4-10-21(15-19)31(28,29)27-13-5-8-18-14-20(11-12-22(18)27)30-16-17-6-2-1-3-7-17/h1-4,6-7,9-12,14-15H,5,8,13,16H2. The number of halogens is 3. The molecule has 1 aliphatic heterocycles. The molecule has 0 unspecified atom stereocenters. The Balaban J connectivity index is 1.61. The van der Waals surface area contributed by atoms with E-state index in [-0.39, 0.29) is 11.4 Å². The van der Waals surface area contributed by atoms with Crippen molar-refractivity contribution in [2.45, 2.75) is 30.5 Å². The van der Waals surface area contributed by atoms with Crippen LogP contribution < -0.4 is 9.04 Å². The molecule has 0 saturated carbocycles. The van der Waals surface area contributed by atoms with Gasteiger partial charge in [-0.25, -0.2) is 8.42 Å². The van der Waals surface area contributed by atoms with E-state index in [2.05, 4.69) is 0 Å². The molecule has 4 rings (SSSR count). The Morgan fingerprint density at radius 1 is 0.935 bits per heavy atom. The number of rotatable bonds is 5. The molecule has 3 aromatic carbocycles. The number of hydrogen-bond acceptors (Lipinski definition) is 3. The lowest BCUT2D eigenvalue weighted by Gasteiger charge is -2.31. The van der Waals surface area contributed by atoms with Gasteiger partial charge in [0.1, 0.15) is 12.4 Å². The SMILES string of the molecule is O=S(=O)(c1cccc(C(F)(F)F)c1)N1CCCc2cc(OCc3ccccc3)ccc21. The van der Waals surface area contributed by atoms with Gasteiger partial charge in [0.05, 0.1) is 16.1 Å². The molecule has 1 heterocycles. The third-order valence-corrected chi connectivity index (χ3v) is 6.93. The molecule has 0 aromatic heterocycles. The van der Waals surface area contributed by atoms with Crippen LogP contribution in [0.5, 0.6) is 5.75 Å². The second-order valence-electron chi connectivity index (χ2n) is 7.27. The monoisotopic (exact) mass is 447 g/mol. The van der Waals surface area contributed by atoms with E-state index in [0.717, 1.165) is 23.3 Å². The van der Waals surface area contributed by atoms with Crippen LogP contribution in [0.15, 0.2) is 77.7 Å². The van der Waals surface area contributed by atoms with Gasteiger partial charge in [0.2, 0.25) is 0 Å². The first-order valence-corrected chi connectivity index (χ1v) is 11.2. The largest absolute Gasteiger partial charge is 0.489 e. The molecule has 31 heavy (non-hydrogen) atoms. The zero-order valence-electron chi connectivity index (χ0n) is 16.5. The number of nitrogens with zero attached hydrogens (tertiary/aromatic N) is 1. The predicted octanol–water partition coefficient (Wildman–Crippen LogP) is 5.43. The molecule has 8 heteroatoms. The van der Waals surface area contributed by atoms with Gasteiger partial charge in [-0.3, -0.25) is 4.31 Å². The Morgan fingerprint density at radius 2 is 1.71 bits per heavy atom. The van der Waals surface area contributed by atoms with Crippen molar-refractivity contribution in [2.24, 2.45) is 0 Å². The fraction of sp³-hybridized carbons (Fsp3) is 0.217. The molecule has 0 saturated heterocycles. The Kier molecular flexibility index (Phi) is 5.66. The summed E-state index contributed by atoms with van der Waals surface area (Å²) in [5.74, 6) is 0.612. The van der Waals surface area contributed by atoms with Gasteiger partial charge in [0.15, 0.2) is 0 Å². The summed E-state index contributed by atoms with van der Waals surface area (Å²) in [6, 6.07) is 18.6. The number of hydrogen-bond donors (Lipinski definition) is 0. The molecular weight excluding hydrogens is 427 g/mol. The lowest BCUT2D eigenvalue weighted by atomic mass is 10.0. The third-order valence-electron chi connectivity index (χ3n) is 5.12. The second kappa shape index (κ2) is 8.26. The molecule has 3 aromatic rings. The van der Waals surface area contributed by atoms with Gasteiger partial charge in [-0.2, -0.15) is 13.2 Å². The fourth-order valence-electron chi connectivity index (χ4n) is 3.58. The molecule has 0 fully saturated rings. The third kappa shape index (κ3) is 4.54. The van der Waals surface area contributed by atoms with Crippen molar-refractivity contribution < 1.29 is 26.3 Å². The average molecular weight is 447 g/mol. The summed E-state index contributed by atoms with van der Waals surface area (Å²) >= 11 is 0. The van der Waals surface area contributed by atoms with E-state index in [0.29, 0.717) is 37.0 Å². The summed E-state index contributed by atoms with van der Waals surface area (Å²) in [7, 11) is -4.13. The molecule has 0 spiro atoms. The molecule has 0 atom stereocenters. The zero-order chi connectivity index (χ0) is 22.1. The summed E-state index contributed by atoms with van der Waals surface area (Å²) in [6.45, 7) is 0.585. The quantitative estimate of drug-likeness (QED) is 0.524. The average Bonchev–Trinajstić information content (AvgIpc) is 2.77. The van der Waals surface area contributed by atoms with Gasteiger partial charge >= 0.3 is 6.18 Å². The maximum absolute atomic E-state index is 13.2. The van der Waals surface area contributed by atoms with Crippen molar-refractivity contribution in [3.05, 3.63) is 89.5 Å².